The lowest BCUT2D eigenvalue weighted by Gasteiger charge is -2.20. The lowest BCUT2D eigenvalue weighted by Crippen LogP contribution is -2.33. The Morgan fingerprint density at radius 3 is 2.59 bits per heavy atom. The highest BCUT2D eigenvalue weighted by molar-refractivity contribution is 7.18. The molecular weight excluding hydrogens is 354 g/mol. The van der Waals surface area contributed by atoms with Gasteiger partial charge in [0.05, 0.1) is 0 Å². The Bertz CT molecular complexity index is 973. The summed E-state index contributed by atoms with van der Waals surface area (Å²) in [4.78, 5) is 15.0. The number of amides is 1. The molecule has 27 heavy (non-hydrogen) atoms. The molecular formula is C22H21N3OS. The van der Waals surface area contributed by atoms with Gasteiger partial charge in [-0.25, -0.2) is 0 Å². The number of rotatable bonds is 6. The van der Waals surface area contributed by atoms with Crippen molar-refractivity contribution in [2.45, 2.75) is 19.8 Å². The lowest BCUT2D eigenvalue weighted by molar-refractivity contribution is 0.0985. The van der Waals surface area contributed by atoms with Crippen molar-refractivity contribution in [1.29, 1.82) is 0 Å². The molecule has 0 spiro atoms. The van der Waals surface area contributed by atoms with E-state index in [9.17, 15) is 4.79 Å². The van der Waals surface area contributed by atoms with E-state index in [1.807, 2.05) is 61.5 Å². The Hall–Kier alpha value is -2.79. The van der Waals surface area contributed by atoms with Gasteiger partial charge in [0.15, 0.2) is 0 Å². The number of carbonyl (C=O) groups is 1. The van der Waals surface area contributed by atoms with Crippen molar-refractivity contribution in [2.24, 2.45) is 5.92 Å². The zero-order valence-electron chi connectivity index (χ0n) is 15.3. The van der Waals surface area contributed by atoms with E-state index in [0.29, 0.717) is 17.6 Å². The van der Waals surface area contributed by atoms with E-state index in [0.717, 1.165) is 27.3 Å². The Morgan fingerprint density at radius 2 is 1.93 bits per heavy atom. The Labute approximate surface area is 163 Å². The van der Waals surface area contributed by atoms with E-state index < -0.39 is 0 Å². The summed E-state index contributed by atoms with van der Waals surface area (Å²) in [7, 11) is 0. The van der Waals surface area contributed by atoms with Gasteiger partial charge in [0.2, 0.25) is 5.13 Å². The summed E-state index contributed by atoms with van der Waals surface area (Å²) in [5.41, 5.74) is 3.77. The van der Waals surface area contributed by atoms with Crippen LogP contribution in [0, 0.1) is 12.8 Å². The van der Waals surface area contributed by atoms with Gasteiger partial charge in [-0.3, -0.25) is 9.69 Å². The molecule has 1 aliphatic carbocycles. The number of benzene rings is 2. The van der Waals surface area contributed by atoms with Crippen molar-refractivity contribution in [3.63, 3.8) is 0 Å². The van der Waals surface area contributed by atoms with E-state index >= 15 is 0 Å². The number of hydrogen-bond acceptors (Lipinski definition) is 4. The topological polar surface area (TPSA) is 46.1 Å². The number of aromatic nitrogens is 2. The first-order valence-corrected chi connectivity index (χ1v) is 9.91. The molecule has 0 unspecified atom stereocenters. The van der Waals surface area contributed by atoms with E-state index in [-0.39, 0.29) is 5.91 Å². The first kappa shape index (κ1) is 17.6. The van der Waals surface area contributed by atoms with E-state index in [1.165, 1.54) is 24.2 Å². The van der Waals surface area contributed by atoms with Crippen LogP contribution in [0.3, 0.4) is 0 Å². The van der Waals surface area contributed by atoms with Crippen LogP contribution >= 0.6 is 11.3 Å². The molecule has 2 aromatic carbocycles. The minimum absolute atomic E-state index is 0.00436. The van der Waals surface area contributed by atoms with Crippen molar-refractivity contribution in [2.75, 3.05) is 11.4 Å². The molecule has 0 radical (unpaired) electrons. The number of hydrogen-bond donors (Lipinski definition) is 0. The second kappa shape index (κ2) is 7.45. The molecule has 1 saturated carbocycles. The van der Waals surface area contributed by atoms with Gasteiger partial charge in [-0.1, -0.05) is 66.5 Å². The van der Waals surface area contributed by atoms with Gasteiger partial charge in [-0.05, 0) is 42.9 Å². The second-order valence-corrected chi connectivity index (χ2v) is 7.85. The molecule has 0 atom stereocenters. The summed E-state index contributed by atoms with van der Waals surface area (Å²) in [5.74, 6) is 0.571. The molecule has 1 amide bonds. The molecule has 3 aromatic rings. The minimum atomic E-state index is 0.00436. The van der Waals surface area contributed by atoms with Crippen molar-refractivity contribution in [1.82, 2.24) is 10.2 Å². The zero-order chi connectivity index (χ0) is 18.8. The number of carbonyl (C=O) groups excluding carboxylic acids is 1. The predicted octanol–water partition coefficient (Wildman–Crippen LogP) is 5.21. The van der Waals surface area contributed by atoms with Crippen LogP contribution in [0.1, 0.15) is 34.3 Å². The molecule has 1 aromatic heterocycles. The molecule has 1 heterocycles. The van der Waals surface area contributed by atoms with E-state index in [4.69, 9.17) is 0 Å². The number of nitrogens with zero attached hydrogens (tertiary/aromatic N) is 3. The first-order valence-electron chi connectivity index (χ1n) is 9.09. The van der Waals surface area contributed by atoms with Gasteiger partial charge in [0.25, 0.3) is 5.91 Å². The quantitative estimate of drug-likeness (QED) is 0.594. The number of anilines is 1. The average molecular weight is 375 g/mol. The molecule has 4 nitrogen and oxygen atoms in total. The summed E-state index contributed by atoms with van der Waals surface area (Å²) in [6.07, 6.45) is 4.16. The molecule has 1 aliphatic rings. The molecule has 0 bridgehead atoms. The molecule has 136 valence electrons. The SMILES string of the molecule is C=Cc1ccc(-c2nnc(N(CC3CC3)C(=O)c3ccccc3C)s2)cc1. The van der Waals surface area contributed by atoms with Crippen LogP contribution in [0.5, 0.6) is 0 Å². The molecule has 1 fully saturated rings. The lowest BCUT2D eigenvalue weighted by atomic mass is 10.1. The molecule has 5 heteroatoms. The Kier molecular flexibility index (Phi) is 4.86. The third-order valence-electron chi connectivity index (χ3n) is 4.80. The number of aryl methyl sites for hydroxylation is 1. The minimum Gasteiger partial charge on any atom is -0.282 e. The summed E-state index contributed by atoms with van der Waals surface area (Å²) in [5, 5.41) is 10.2. The smallest absolute Gasteiger partial charge is 0.260 e. The fraction of sp³-hybridized carbons (Fsp3) is 0.227. The maximum absolute atomic E-state index is 13.2. The van der Waals surface area contributed by atoms with Gasteiger partial charge >= 0.3 is 0 Å². The van der Waals surface area contributed by atoms with Crippen molar-refractivity contribution in [3.05, 3.63) is 71.8 Å². The molecule has 0 aliphatic heterocycles. The first-order chi connectivity index (χ1) is 13.2. The summed E-state index contributed by atoms with van der Waals surface area (Å²) >= 11 is 1.46. The van der Waals surface area contributed by atoms with Crippen molar-refractivity contribution >= 4 is 28.5 Å². The third-order valence-corrected chi connectivity index (χ3v) is 5.79. The summed E-state index contributed by atoms with van der Waals surface area (Å²) in [6.45, 7) is 6.45. The van der Waals surface area contributed by atoms with Crippen LogP contribution < -0.4 is 4.90 Å². The fourth-order valence-electron chi connectivity index (χ4n) is 2.97. The standard InChI is InChI=1S/C22H21N3OS/c1-3-16-10-12-18(13-11-16)20-23-24-22(27-20)25(14-17-8-9-17)21(26)19-7-5-4-6-15(19)2/h3-7,10-13,17H,1,8-9,14H2,2H3. The average Bonchev–Trinajstić information content (AvgIpc) is 3.40. The molecule has 0 saturated heterocycles. The highest BCUT2D eigenvalue weighted by Crippen LogP contribution is 2.35. The van der Waals surface area contributed by atoms with E-state index in [1.54, 1.807) is 4.90 Å². The van der Waals surface area contributed by atoms with Crippen LogP contribution in [-0.2, 0) is 0 Å². The predicted molar refractivity (Wildman–Crippen MR) is 111 cm³/mol. The van der Waals surface area contributed by atoms with Gasteiger partial charge in [-0.15, -0.1) is 10.2 Å². The van der Waals surface area contributed by atoms with Gasteiger partial charge in [-0.2, -0.15) is 0 Å². The fourth-order valence-corrected chi connectivity index (χ4v) is 3.83. The second-order valence-electron chi connectivity index (χ2n) is 6.89. The van der Waals surface area contributed by atoms with Crippen LogP contribution in [0.25, 0.3) is 16.6 Å². The highest BCUT2D eigenvalue weighted by Gasteiger charge is 2.30. The van der Waals surface area contributed by atoms with Crippen LogP contribution in [0.15, 0.2) is 55.1 Å². The maximum Gasteiger partial charge on any atom is 0.260 e. The molecule has 0 N–H and O–H groups in total. The Morgan fingerprint density at radius 1 is 1.19 bits per heavy atom. The third kappa shape index (κ3) is 3.83. The van der Waals surface area contributed by atoms with Gasteiger partial charge < -0.3 is 0 Å². The van der Waals surface area contributed by atoms with Gasteiger partial charge in [0.1, 0.15) is 5.01 Å². The van der Waals surface area contributed by atoms with Crippen LogP contribution in [-0.4, -0.2) is 22.6 Å². The maximum atomic E-state index is 13.2. The monoisotopic (exact) mass is 375 g/mol. The van der Waals surface area contributed by atoms with Crippen LogP contribution in [0.2, 0.25) is 0 Å². The molecule has 4 rings (SSSR count). The summed E-state index contributed by atoms with van der Waals surface area (Å²) in [6, 6.07) is 15.7. The van der Waals surface area contributed by atoms with Crippen molar-refractivity contribution in [3.8, 4) is 10.6 Å². The highest BCUT2D eigenvalue weighted by atomic mass is 32.1. The van der Waals surface area contributed by atoms with Crippen LogP contribution in [0.4, 0.5) is 5.13 Å². The largest absolute Gasteiger partial charge is 0.282 e. The normalized spacial score (nSPS) is 13.4. The van der Waals surface area contributed by atoms with Crippen molar-refractivity contribution < 1.29 is 4.79 Å². The summed E-state index contributed by atoms with van der Waals surface area (Å²) < 4.78 is 0. The van der Waals surface area contributed by atoms with E-state index in [2.05, 4.69) is 16.8 Å². The Balaban J connectivity index is 1.64. The zero-order valence-corrected chi connectivity index (χ0v) is 16.1. The van der Waals surface area contributed by atoms with Gasteiger partial charge in [0, 0.05) is 17.7 Å².